The monoisotopic (exact) mass is 126 g/mol. The molecule has 0 N–H and O–H groups in total. The lowest BCUT2D eigenvalue weighted by Crippen LogP contribution is -1.73. The van der Waals surface area contributed by atoms with E-state index in [9.17, 15) is 4.39 Å². The zero-order chi connectivity index (χ0) is 7.28. The summed E-state index contributed by atoms with van der Waals surface area (Å²) in [6, 6.07) is 0. The van der Waals surface area contributed by atoms with E-state index in [1.165, 1.54) is 12.2 Å². The maximum Gasteiger partial charge on any atom is 0.125 e. The Morgan fingerprint density at radius 3 is 2.44 bits per heavy atom. The van der Waals surface area contributed by atoms with Gasteiger partial charge in [0.05, 0.1) is 0 Å². The minimum atomic E-state index is -0.215. The van der Waals surface area contributed by atoms with Crippen molar-refractivity contribution in [2.45, 2.75) is 13.8 Å². The molecule has 9 heavy (non-hydrogen) atoms. The van der Waals surface area contributed by atoms with E-state index < -0.39 is 0 Å². The van der Waals surface area contributed by atoms with Crippen molar-refractivity contribution in [2.75, 3.05) is 0 Å². The highest BCUT2D eigenvalue weighted by molar-refractivity contribution is 5.25. The summed E-state index contributed by atoms with van der Waals surface area (Å²) in [5, 5.41) is 0. The minimum absolute atomic E-state index is 0.215. The van der Waals surface area contributed by atoms with Gasteiger partial charge >= 0.3 is 0 Å². The predicted molar refractivity (Wildman–Crippen MR) is 38.8 cm³/mol. The second kappa shape index (κ2) is 4.07. The molecular formula is C8H11F. The molecule has 0 heterocycles. The van der Waals surface area contributed by atoms with Crippen LogP contribution in [0.5, 0.6) is 0 Å². The van der Waals surface area contributed by atoms with Crippen molar-refractivity contribution >= 4 is 0 Å². The van der Waals surface area contributed by atoms with Crippen molar-refractivity contribution in [2.24, 2.45) is 0 Å². The molecule has 0 aromatic rings. The van der Waals surface area contributed by atoms with Crippen LogP contribution in [-0.2, 0) is 0 Å². The third kappa shape index (κ3) is 2.85. The van der Waals surface area contributed by atoms with Gasteiger partial charge in [-0.05, 0) is 25.5 Å². The third-order valence-electron chi connectivity index (χ3n) is 1.07. The summed E-state index contributed by atoms with van der Waals surface area (Å²) in [7, 11) is 0. The van der Waals surface area contributed by atoms with Crippen LogP contribution in [0.1, 0.15) is 13.8 Å². The van der Waals surface area contributed by atoms with E-state index in [1.54, 1.807) is 19.9 Å². The minimum Gasteiger partial charge on any atom is -0.207 e. The van der Waals surface area contributed by atoms with Gasteiger partial charge in [-0.25, -0.2) is 4.39 Å². The Morgan fingerprint density at radius 1 is 1.56 bits per heavy atom. The van der Waals surface area contributed by atoms with Crippen LogP contribution in [0.4, 0.5) is 4.39 Å². The summed E-state index contributed by atoms with van der Waals surface area (Å²) < 4.78 is 12.5. The molecule has 0 bridgehead atoms. The van der Waals surface area contributed by atoms with Crippen molar-refractivity contribution in [1.82, 2.24) is 0 Å². The molecule has 0 aliphatic carbocycles. The van der Waals surface area contributed by atoms with Crippen molar-refractivity contribution in [1.29, 1.82) is 0 Å². The van der Waals surface area contributed by atoms with Gasteiger partial charge in [-0.2, -0.15) is 0 Å². The van der Waals surface area contributed by atoms with Gasteiger partial charge in [-0.3, -0.25) is 0 Å². The summed E-state index contributed by atoms with van der Waals surface area (Å²) in [5.74, 6) is -0.215. The van der Waals surface area contributed by atoms with E-state index in [4.69, 9.17) is 0 Å². The zero-order valence-electron chi connectivity index (χ0n) is 5.82. The standard InChI is InChI=1S/C8H11F/c1-4-6-8(9)7(3)5-2/h4-6H,1H2,2-3H3/b7-5-,8-6+. The molecule has 0 saturated heterocycles. The molecule has 1 heteroatoms. The third-order valence-corrected chi connectivity index (χ3v) is 1.07. The topological polar surface area (TPSA) is 0 Å². The molecule has 0 aromatic carbocycles. The highest BCUT2D eigenvalue weighted by Gasteiger charge is 1.91. The second-order valence-corrected chi connectivity index (χ2v) is 1.72. The van der Waals surface area contributed by atoms with Crippen LogP contribution in [0, 0.1) is 0 Å². The molecule has 50 valence electrons. The second-order valence-electron chi connectivity index (χ2n) is 1.72. The van der Waals surface area contributed by atoms with Gasteiger partial charge in [0.2, 0.25) is 0 Å². The molecule has 0 radical (unpaired) electrons. The van der Waals surface area contributed by atoms with Gasteiger partial charge in [-0.1, -0.05) is 18.7 Å². The van der Waals surface area contributed by atoms with Crippen molar-refractivity contribution in [3.05, 3.63) is 36.2 Å². The fourth-order valence-corrected chi connectivity index (χ4v) is 0.373. The molecule has 0 atom stereocenters. The van der Waals surface area contributed by atoms with Crippen LogP contribution < -0.4 is 0 Å². The average molecular weight is 126 g/mol. The number of hydrogen-bond donors (Lipinski definition) is 0. The molecule has 0 fully saturated rings. The van der Waals surface area contributed by atoms with E-state index >= 15 is 0 Å². The lowest BCUT2D eigenvalue weighted by atomic mass is 10.2. The van der Waals surface area contributed by atoms with Crippen LogP contribution in [0.25, 0.3) is 0 Å². The summed E-state index contributed by atoms with van der Waals surface area (Å²) in [5.41, 5.74) is 0.648. The molecule has 0 rings (SSSR count). The molecule has 0 spiro atoms. The fraction of sp³-hybridized carbons (Fsp3) is 0.250. The molecular weight excluding hydrogens is 115 g/mol. The first-order chi connectivity index (χ1) is 4.22. The quantitative estimate of drug-likeness (QED) is 0.499. The molecule has 0 saturated carbocycles. The van der Waals surface area contributed by atoms with Crippen molar-refractivity contribution in [3.8, 4) is 0 Å². The fourth-order valence-electron chi connectivity index (χ4n) is 0.373. The van der Waals surface area contributed by atoms with Crippen molar-refractivity contribution < 1.29 is 4.39 Å². The summed E-state index contributed by atoms with van der Waals surface area (Å²) in [6.45, 7) is 6.89. The van der Waals surface area contributed by atoms with E-state index in [2.05, 4.69) is 6.58 Å². The largest absolute Gasteiger partial charge is 0.207 e. The number of halogens is 1. The van der Waals surface area contributed by atoms with Gasteiger partial charge in [-0.15, -0.1) is 0 Å². The van der Waals surface area contributed by atoms with Gasteiger partial charge in [0.1, 0.15) is 5.83 Å². The number of allylic oxidation sites excluding steroid dienone is 5. The average Bonchev–Trinajstić information content (AvgIpc) is 1.87. The van der Waals surface area contributed by atoms with Crippen LogP contribution in [0.3, 0.4) is 0 Å². The van der Waals surface area contributed by atoms with Crippen molar-refractivity contribution in [3.63, 3.8) is 0 Å². The van der Waals surface area contributed by atoms with Gasteiger partial charge < -0.3 is 0 Å². The molecule has 0 aliphatic heterocycles. The van der Waals surface area contributed by atoms with E-state index in [0.717, 1.165) is 0 Å². The van der Waals surface area contributed by atoms with E-state index in [-0.39, 0.29) is 5.83 Å². The van der Waals surface area contributed by atoms with Gasteiger partial charge in [0.25, 0.3) is 0 Å². The Hall–Kier alpha value is -0.850. The Morgan fingerprint density at radius 2 is 2.11 bits per heavy atom. The normalized spacial score (nSPS) is 13.7. The summed E-state index contributed by atoms with van der Waals surface area (Å²) in [6.07, 6.45) is 4.49. The zero-order valence-corrected chi connectivity index (χ0v) is 5.82. The summed E-state index contributed by atoms with van der Waals surface area (Å²) >= 11 is 0. The first-order valence-corrected chi connectivity index (χ1v) is 2.84. The Bertz CT molecular complexity index is 152. The highest BCUT2D eigenvalue weighted by Crippen LogP contribution is 2.09. The van der Waals surface area contributed by atoms with E-state index in [0.29, 0.717) is 5.57 Å². The first kappa shape index (κ1) is 8.15. The Balaban J connectivity index is 4.19. The van der Waals surface area contributed by atoms with Crippen LogP contribution in [0.15, 0.2) is 36.2 Å². The summed E-state index contributed by atoms with van der Waals surface area (Å²) in [4.78, 5) is 0. The van der Waals surface area contributed by atoms with Gasteiger partial charge in [0, 0.05) is 0 Å². The van der Waals surface area contributed by atoms with Crippen LogP contribution >= 0.6 is 0 Å². The SMILES string of the molecule is C=C/C=C(F)\C(C)=C/C. The lowest BCUT2D eigenvalue weighted by Gasteiger charge is -1.90. The van der Waals surface area contributed by atoms with Gasteiger partial charge in [0.15, 0.2) is 0 Å². The number of hydrogen-bond acceptors (Lipinski definition) is 0. The molecule has 0 amide bonds. The van der Waals surface area contributed by atoms with E-state index in [1.807, 2.05) is 0 Å². The Labute approximate surface area is 55.4 Å². The highest BCUT2D eigenvalue weighted by atomic mass is 19.1. The lowest BCUT2D eigenvalue weighted by molar-refractivity contribution is 0.651. The van der Waals surface area contributed by atoms with Crippen LogP contribution in [-0.4, -0.2) is 0 Å². The first-order valence-electron chi connectivity index (χ1n) is 2.84. The molecule has 0 aromatic heterocycles. The molecule has 0 unspecified atom stereocenters. The maximum absolute atomic E-state index is 12.5. The number of rotatable bonds is 2. The predicted octanol–water partition coefficient (Wildman–Crippen LogP) is 2.99. The smallest absolute Gasteiger partial charge is 0.125 e. The molecule has 0 aliphatic rings. The maximum atomic E-state index is 12.5. The Kier molecular flexibility index (Phi) is 3.69. The van der Waals surface area contributed by atoms with Crippen LogP contribution in [0.2, 0.25) is 0 Å². The molecule has 0 nitrogen and oxygen atoms in total.